The number of hydrogen-bond acceptors (Lipinski definition) is 5. The second kappa shape index (κ2) is 7.59. The minimum absolute atomic E-state index is 0.0554. The van der Waals surface area contributed by atoms with Crippen LogP contribution in [0.15, 0.2) is 86.2 Å². The van der Waals surface area contributed by atoms with Crippen LogP contribution < -0.4 is 5.63 Å². The van der Waals surface area contributed by atoms with Crippen LogP contribution >= 0.6 is 0 Å². The maximum atomic E-state index is 12.3. The van der Waals surface area contributed by atoms with Crippen molar-refractivity contribution in [2.24, 2.45) is 10.2 Å². The molecule has 1 N–H and O–H groups in total. The summed E-state index contributed by atoms with van der Waals surface area (Å²) in [5, 5.41) is 19.7. The lowest BCUT2D eigenvalue weighted by molar-refractivity contribution is 0.476. The molecule has 0 fully saturated rings. The number of benzene rings is 3. The Morgan fingerprint density at radius 1 is 0.800 bits per heavy atom. The van der Waals surface area contributed by atoms with Gasteiger partial charge in [-0.2, -0.15) is 5.11 Å². The van der Waals surface area contributed by atoms with Crippen LogP contribution in [0.2, 0.25) is 0 Å². The number of fused-ring (bicyclic) bond motifs is 3. The van der Waals surface area contributed by atoms with Crippen molar-refractivity contribution in [3.63, 3.8) is 0 Å². The van der Waals surface area contributed by atoms with Crippen LogP contribution in [0.4, 0.5) is 11.4 Å². The highest BCUT2D eigenvalue weighted by molar-refractivity contribution is 5.84. The molecule has 0 atom stereocenters. The van der Waals surface area contributed by atoms with Crippen molar-refractivity contribution in [1.82, 2.24) is 0 Å². The lowest BCUT2D eigenvalue weighted by Gasteiger charge is -2.15. The molecule has 4 aromatic rings. The zero-order valence-electron chi connectivity index (χ0n) is 16.3. The molecule has 1 aromatic heterocycles. The molecule has 1 aliphatic carbocycles. The Morgan fingerprint density at radius 2 is 1.60 bits per heavy atom. The first kappa shape index (κ1) is 18.3. The molecule has 0 spiro atoms. The summed E-state index contributed by atoms with van der Waals surface area (Å²) < 4.78 is 5.55. The van der Waals surface area contributed by atoms with Gasteiger partial charge < -0.3 is 9.52 Å². The molecule has 1 aliphatic rings. The highest BCUT2D eigenvalue weighted by atomic mass is 16.4. The molecule has 0 aliphatic heterocycles. The average Bonchev–Trinajstić information content (AvgIpc) is 2.79. The Labute approximate surface area is 173 Å². The monoisotopic (exact) mass is 396 g/mol. The van der Waals surface area contributed by atoms with Gasteiger partial charge in [-0.25, -0.2) is 4.79 Å². The highest BCUT2D eigenvalue weighted by Crippen LogP contribution is 2.34. The first-order valence-electron chi connectivity index (χ1n) is 10.1. The van der Waals surface area contributed by atoms with Crippen LogP contribution in [0.5, 0.6) is 5.75 Å². The van der Waals surface area contributed by atoms with Crippen LogP contribution in [-0.2, 0) is 12.8 Å². The molecule has 30 heavy (non-hydrogen) atoms. The third kappa shape index (κ3) is 3.39. The molecule has 0 saturated carbocycles. The molecule has 3 aromatic carbocycles. The maximum Gasteiger partial charge on any atom is 0.339 e. The van der Waals surface area contributed by atoms with Gasteiger partial charge >= 0.3 is 5.63 Å². The molecule has 5 heteroatoms. The van der Waals surface area contributed by atoms with Crippen LogP contribution in [0, 0.1) is 0 Å². The molecule has 0 amide bonds. The number of nitrogens with zero attached hydrogens (tertiary/aromatic N) is 2. The Morgan fingerprint density at radius 3 is 2.43 bits per heavy atom. The van der Waals surface area contributed by atoms with E-state index in [1.54, 1.807) is 18.2 Å². The van der Waals surface area contributed by atoms with E-state index >= 15 is 0 Å². The topological polar surface area (TPSA) is 75.2 Å². The number of aryl methyl sites for hydroxylation is 1. The molecular formula is C25H20N2O3. The molecule has 148 valence electrons. The maximum absolute atomic E-state index is 12.3. The Kier molecular flexibility index (Phi) is 4.64. The Bertz CT molecular complexity index is 1320. The second-order valence-electron chi connectivity index (χ2n) is 7.50. The molecule has 0 radical (unpaired) electrons. The summed E-state index contributed by atoms with van der Waals surface area (Å²) in [6.07, 6.45) is 3.80. The minimum atomic E-state index is -0.250. The fourth-order valence-electron chi connectivity index (χ4n) is 4.02. The van der Waals surface area contributed by atoms with E-state index in [1.807, 2.05) is 48.5 Å². The second-order valence-corrected chi connectivity index (χ2v) is 7.50. The zero-order chi connectivity index (χ0) is 20.5. The number of aromatic hydroxyl groups is 1. The van der Waals surface area contributed by atoms with Crippen molar-refractivity contribution in [3.05, 3.63) is 88.3 Å². The summed E-state index contributed by atoms with van der Waals surface area (Å²) in [4.78, 5) is 12.3. The van der Waals surface area contributed by atoms with Gasteiger partial charge in [0.05, 0.1) is 5.69 Å². The van der Waals surface area contributed by atoms with Gasteiger partial charge in [-0.3, -0.25) is 0 Å². The molecule has 0 unspecified atom stereocenters. The average molecular weight is 396 g/mol. The normalized spacial score (nSPS) is 13.6. The van der Waals surface area contributed by atoms with E-state index in [-0.39, 0.29) is 11.4 Å². The lowest BCUT2D eigenvalue weighted by Crippen LogP contribution is -2.15. The largest absolute Gasteiger partial charge is 0.506 e. The summed E-state index contributed by atoms with van der Waals surface area (Å²) in [6.45, 7) is 0. The highest BCUT2D eigenvalue weighted by Gasteiger charge is 2.18. The molecule has 0 bridgehead atoms. The zero-order valence-corrected chi connectivity index (χ0v) is 16.3. The summed E-state index contributed by atoms with van der Waals surface area (Å²) >= 11 is 0. The predicted molar refractivity (Wildman–Crippen MR) is 117 cm³/mol. The van der Waals surface area contributed by atoms with E-state index in [9.17, 15) is 9.90 Å². The van der Waals surface area contributed by atoms with E-state index in [0.29, 0.717) is 17.0 Å². The van der Waals surface area contributed by atoms with Crippen molar-refractivity contribution in [2.75, 3.05) is 0 Å². The van der Waals surface area contributed by atoms with Crippen molar-refractivity contribution in [2.45, 2.75) is 25.7 Å². The molecule has 0 saturated heterocycles. The third-order valence-electron chi connectivity index (χ3n) is 5.56. The van der Waals surface area contributed by atoms with Crippen molar-refractivity contribution in [1.29, 1.82) is 0 Å². The van der Waals surface area contributed by atoms with Gasteiger partial charge in [0.2, 0.25) is 0 Å². The Hall–Kier alpha value is -3.73. The molecule has 5 rings (SSSR count). The first-order valence-corrected chi connectivity index (χ1v) is 10.1. The van der Waals surface area contributed by atoms with Crippen molar-refractivity contribution >= 4 is 22.3 Å². The van der Waals surface area contributed by atoms with E-state index in [0.717, 1.165) is 53.3 Å². The summed E-state index contributed by atoms with van der Waals surface area (Å²) in [7, 11) is 0. The van der Waals surface area contributed by atoms with Crippen LogP contribution in [0.25, 0.3) is 22.1 Å². The summed E-state index contributed by atoms with van der Waals surface area (Å²) in [5.74, 6) is 0.0554. The third-order valence-corrected chi connectivity index (χ3v) is 5.56. The number of phenolic OH excluding ortho intramolecular Hbond substituents is 1. The van der Waals surface area contributed by atoms with E-state index in [2.05, 4.69) is 10.2 Å². The van der Waals surface area contributed by atoms with Gasteiger partial charge in [0.25, 0.3) is 0 Å². The van der Waals surface area contributed by atoms with Gasteiger partial charge in [0.15, 0.2) is 0 Å². The van der Waals surface area contributed by atoms with Gasteiger partial charge in [0, 0.05) is 17.0 Å². The predicted octanol–water partition coefficient (Wildman–Crippen LogP) is 6.46. The quantitative estimate of drug-likeness (QED) is 0.319. The van der Waals surface area contributed by atoms with Crippen LogP contribution in [0.1, 0.15) is 24.0 Å². The number of rotatable bonds is 3. The van der Waals surface area contributed by atoms with Gasteiger partial charge in [-0.15, -0.1) is 5.11 Å². The molecular weight excluding hydrogens is 376 g/mol. The van der Waals surface area contributed by atoms with Gasteiger partial charge in [0.1, 0.15) is 17.0 Å². The lowest BCUT2D eigenvalue weighted by atomic mass is 9.90. The first-order chi connectivity index (χ1) is 14.7. The minimum Gasteiger partial charge on any atom is -0.506 e. The van der Waals surface area contributed by atoms with Gasteiger partial charge in [-0.1, -0.05) is 36.4 Å². The SMILES string of the molecule is O=c1oc2cc(N=Nc3cc(-c4ccccc4)ccc3O)ccc2c2c1CCCC2. The van der Waals surface area contributed by atoms with Crippen molar-refractivity contribution < 1.29 is 9.52 Å². The van der Waals surface area contributed by atoms with Crippen molar-refractivity contribution in [3.8, 4) is 16.9 Å². The van der Waals surface area contributed by atoms with E-state index in [1.165, 1.54) is 0 Å². The summed E-state index contributed by atoms with van der Waals surface area (Å²) in [6, 6.07) is 20.7. The van der Waals surface area contributed by atoms with E-state index in [4.69, 9.17) is 4.42 Å². The molecule has 5 nitrogen and oxygen atoms in total. The Balaban J connectivity index is 1.51. The molecule has 1 heterocycles. The fraction of sp³-hybridized carbons (Fsp3) is 0.160. The standard InChI is InChI=1S/C25H20N2O3/c28-23-13-10-17(16-6-2-1-3-7-16)14-22(23)27-26-18-11-12-20-19-8-4-5-9-21(19)25(29)30-24(20)15-18/h1-3,6-7,10-15,28H,4-5,8-9H2. The number of hydrogen-bond donors (Lipinski definition) is 1. The van der Waals surface area contributed by atoms with Gasteiger partial charge in [-0.05, 0) is 66.6 Å². The van der Waals surface area contributed by atoms with E-state index < -0.39 is 0 Å². The van der Waals surface area contributed by atoms with Crippen LogP contribution in [-0.4, -0.2) is 5.11 Å². The number of azo groups is 1. The van der Waals surface area contributed by atoms with Crippen LogP contribution in [0.3, 0.4) is 0 Å². The smallest absolute Gasteiger partial charge is 0.339 e. The summed E-state index contributed by atoms with van der Waals surface area (Å²) in [5.41, 5.74) is 5.10. The number of phenols is 1. The fourth-order valence-corrected chi connectivity index (χ4v) is 4.02.